The quantitative estimate of drug-likeness (QED) is 0.561. The smallest absolute Gasteiger partial charge is 0.270 e. The number of phenols is 1. The van der Waals surface area contributed by atoms with Gasteiger partial charge >= 0.3 is 0 Å². The van der Waals surface area contributed by atoms with Crippen LogP contribution in [0.15, 0.2) is 42.7 Å². The predicted molar refractivity (Wildman–Crippen MR) is 73.4 cm³/mol. The van der Waals surface area contributed by atoms with Crippen LogP contribution in [0.4, 0.5) is 5.69 Å². The van der Waals surface area contributed by atoms with Crippen molar-refractivity contribution in [3.8, 4) is 28.5 Å². The monoisotopic (exact) mass is 283 g/mol. The minimum Gasteiger partial charge on any atom is -0.507 e. The highest BCUT2D eigenvalue weighted by atomic mass is 16.6. The normalized spacial score (nSPS) is 10.5. The van der Waals surface area contributed by atoms with Crippen LogP contribution in [0.25, 0.3) is 22.8 Å². The van der Waals surface area contributed by atoms with Gasteiger partial charge in [-0.25, -0.2) is 4.98 Å². The number of non-ortho nitro benzene ring substituents is 1. The third-order valence-electron chi connectivity index (χ3n) is 2.87. The number of H-pyrrole nitrogens is 1. The standard InChI is InChI=1S/C13H9N5O3/c19-11-2-1-9(18(20)21)7-10(11)13-15-12(16-17-13)8-3-5-14-6-4-8/h1-7,19H,(H,15,16,17). The van der Waals surface area contributed by atoms with Crippen LogP contribution in [0.3, 0.4) is 0 Å². The Kier molecular flexibility index (Phi) is 3.03. The fourth-order valence-corrected chi connectivity index (χ4v) is 1.84. The molecule has 0 aliphatic heterocycles. The van der Waals surface area contributed by atoms with Crippen molar-refractivity contribution in [3.63, 3.8) is 0 Å². The summed E-state index contributed by atoms with van der Waals surface area (Å²) in [5.74, 6) is 0.555. The molecule has 1 aromatic carbocycles. The number of nitro groups is 1. The summed E-state index contributed by atoms with van der Waals surface area (Å²) in [4.78, 5) is 18.4. The topological polar surface area (TPSA) is 118 Å². The van der Waals surface area contributed by atoms with Gasteiger partial charge in [-0.1, -0.05) is 0 Å². The zero-order valence-corrected chi connectivity index (χ0v) is 10.6. The van der Waals surface area contributed by atoms with Gasteiger partial charge in [0, 0.05) is 30.1 Å². The van der Waals surface area contributed by atoms with E-state index in [0.29, 0.717) is 5.82 Å². The van der Waals surface area contributed by atoms with Crippen LogP contribution in [0, 0.1) is 10.1 Å². The summed E-state index contributed by atoms with van der Waals surface area (Å²) in [7, 11) is 0. The molecule has 0 bridgehead atoms. The third kappa shape index (κ3) is 2.41. The maximum atomic E-state index is 10.8. The molecule has 0 fully saturated rings. The number of nitro benzene ring substituents is 1. The molecule has 0 spiro atoms. The van der Waals surface area contributed by atoms with Gasteiger partial charge in [0.2, 0.25) is 0 Å². The van der Waals surface area contributed by atoms with E-state index in [2.05, 4.69) is 20.2 Å². The van der Waals surface area contributed by atoms with Gasteiger partial charge in [0.1, 0.15) is 5.75 Å². The minimum atomic E-state index is -0.539. The van der Waals surface area contributed by atoms with E-state index in [4.69, 9.17) is 0 Å². The van der Waals surface area contributed by atoms with Crippen molar-refractivity contribution in [3.05, 3.63) is 52.8 Å². The van der Waals surface area contributed by atoms with E-state index in [1.54, 1.807) is 24.5 Å². The number of rotatable bonds is 3. The molecular formula is C13H9N5O3. The van der Waals surface area contributed by atoms with Gasteiger partial charge < -0.3 is 5.11 Å². The molecule has 2 N–H and O–H groups in total. The van der Waals surface area contributed by atoms with Crippen LogP contribution < -0.4 is 0 Å². The maximum Gasteiger partial charge on any atom is 0.270 e. The van der Waals surface area contributed by atoms with Gasteiger partial charge in [-0.3, -0.25) is 20.2 Å². The zero-order chi connectivity index (χ0) is 14.8. The van der Waals surface area contributed by atoms with Crippen LogP contribution in [0.2, 0.25) is 0 Å². The Morgan fingerprint density at radius 2 is 1.95 bits per heavy atom. The van der Waals surface area contributed by atoms with Gasteiger partial charge in [0.05, 0.1) is 10.5 Å². The first kappa shape index (κ1) is 12.7. The summed E-state index contributed by atoms with van der Waals surface area (Å²) in [6, 6.07) is 7.19. The summed E-state index contributed by atoms with van der Waals surface area (Å²) in [6.45, 7) is 0. The van der Waals surface area contributed by atoms with Gasteiger partial charge in [-0.15, -0.1) is 0 Å². The number of nitrogens with one attached hydrogen (secondary N) is 1. The van der Waals surface area contributed by atoms with E-state index in [-0.39, 0.29) is 22.8 Å². The number of aromatic amines is 1. The lowest BCUT2D eigenvalue weighted by Gasteiger charge is -2.00. The van der Waals surface area contributed by atoms with Crippen LogP contribution >= 0.6 is 0 Å². The van der Waals surface area contributed by atoms with Crippen LogP contribution in [-0.2, 0) is 0 Å². The summed E-state index contributed by atoms with van der Waals surface area (Å²) < 4.78 is 0. The number of pyridine rings is 1. The SMILES string of the molecule is O=[N+]([O-])c1ccc(O)c(-c2nc(-c3ccncc3)n[nH]2)c1. The molecule has 0 radical (unpaired) electrons. The van der Waals surface area contributed by atoms with Crippen LogP contribution in [0.1, 0.15) is 0 Å². The number of aromatic nitrogens is 4. The van der Waals surface area contributed by atoms with Crippen molar-refractivity contribution in [2.75, 3.05) is 0 Å². The second-order valence-corrected chi connectivity index (χ2v) is 4.20. The lowest BCUT2D eigenvalue weighted by Crippen LogP contribution is -1.89. The van der Waals surface area contributed by atoms with E-state index in [1.807, 2.05) is 0 Å². The maximum absolute atomic E-state index is 10.8. The molecule has 2 aromatic heterocycles. The van der Waals surface area contributed by atoms with Crippen LogP contribution in [0.5, 0.6) is 5.75 Å². The molecule has 0 aliphatic carbocycles. The molecule has 8 heteroatoms. The highest BCUT2D eigenvalue weighted by Gasteiger charge is 2.15. The highest BCUT2D eigenvalue weighted by molar-refractivity contribution is 5.68. The van der Waals surface area contributed by atoms with Crippen molar-refractivity contribution >= 4 is 5.69 Å². The molecule has 0 saturated carbocycles. The van der Waals surface area contributed by atoms with Gasteiger partial charge in [-0.05, 0) is 18.2 Å². The highest BCUT2D eigenvalue weighted by Crippen LogP contribution is 2.31. The average Bonchev–Trinajstić information content (AvgIpc) is 2.98. The largest absolute Gasteiger partial charge is 0.507 e. The van der Waals surface area contributed by atoms with E-state index < -0.39 is 4.92 Å². The van der Waals surface area contributed by atoms with E-state index >= 15 is 0 Å². The first-order valence-electron chi connectivity index (χ1n) is 5.96. The molecule has 0 aliphatic rings. The Labute approximate surface area is 118 Å². The van der Waals surface area contributed by atoms with Crippen molar-refractivity contribution in [2.45, 2.75) is 0 Å². The van der Waals surface area contributed by atoms with Crippen molar-refractivity contribution < 1.29 is 10.0 Å². The number of hydrogen-bond donors (Lipinski definition) is 2. The number of hydrogen-bond acceptors (Lipinski definition) is 6. The Morgan fingerprint density at radius 3 is 2.67 bits per heavy atom. The van der Waals surface area contributed by atoms with E-state index in [0.717, 1.165) is 5.56 Å². The Balaban J connectivity index is 2.04. The summed E-state index contributed by atoms with van der Waals surface area (Å²) in [6.07, 6.45) is 3.21. The first-order chi connectivity index (χ1) is 10.1. The molecule has 21 heavy (non-hydrogen) atoms. The molecule has 0 unspecified atom stereocenters. The molecule has 0 amide bonds. The average molecular weight is 283 g/mol. The number of phenolic OH excluding ortho intramolecular Hbond substituents is 1. The molecule has 3 aromatic rings. The Bertz CT molecular complexity index is 801. The molecule has 0 saturated heterocycles. The molecule has 104 valence electrons. The summed E-state index contributed by atoms with van der Waals surface area (Å²) in [5.41, 5.74) is 0.832. The van der Waals surface area contributed by atoms with Crippen molar-refractivity contribution in [1.29, 1.82) is 0 Å². The van der Waals surface area contributed by atoms with Crippen molar-refractivity contribution in [2.24, 2.45) is 0 Å². The fourth-order valence-electron chi connectivity index (χ4n) is 1.84. The first-order valence-corrected chi connectivity index (χ1v) is 5.96. The molecule has 8 nitrogen and oxygen atoms in total. The number of aromatic hydroxyl groups is 1. The van der Waals surface area contributed by atoms with E-state index in [1.165, 1.54) is 18.2 Å². The van der Waals surface area contributed by atoms with Gasteiger partial charge in [0.25, 0.3) is 5.69 Å². The van der Waals surface area contributed by atoms with Gasteiger partial charge in [0.15, 0.2) is 11.6 Å². The lowest BCUT2D eigenvalue weighted by atomic mass is 10.1. The molecule has 0 atom stereocenters. The van der Waals surface area contributed by atoms with Crippen molar-refractivity contribution in [1.82, 2.24) is 20.2 Å². The lowest BCUT2D eigenvalue weighted by molar-refractivity contribution is -0.384. The Morgan fingerprint density at radius 1 is 1.19 bits per heavy atom. The van der Waals surface area contributed by atoms with E-state index in [9.17, 15) is 15.2 Å². The summed E-state index contributed by atoms with van der Waals surface area (Å²) in [5, 5.41) is 27.3. The third-order valence-corrected chi connectivity index (χ3v) is 2.87. The fraction of sp³-hybridized carbons (Fsp3) is 0. The summed E-state index contributed by atoms with van der Waals surface area (Å²) >= 11 is 0. The van der Waals surface area contributed by atoms with Crippen LogP contribution in [-0.4, -0.2) is 30.2 Å². The number of nitrogens with zero attached hydrogens (tertiary/aromatic N) is 4. The predicted octanol–water partition coefficient (Wildman–Crippen LogP) is 2.15. The molecule has 2 heterocycles. The minimum absolute atomic E-state index is 0.113. The number of benzene rings is 1. The Hall–Kier alpha value is -3.29. The second-order valence-electron chi connectivity index (χ2n) is 4.20. The second kappa shape index (κ2) is 5.00. The van der Waals surface area contributed by atoms with Gasteiger partial charge in [-0.2, -0.15) is 5.10 Å². The zero-order valence-electron chi connectivity index (χ0n) is 10.6. The molecular weight excluding hydrogens is 274 g/mol. The molecule has 3 rings (SSSR count).